The summed E-state index contributed by atoms with van der Waals surface area (Å²) in [5, 5.41) is 5.10. The quantitative estimate of drug-likeness (QED) is 0.591. The second-order valence-corrected chi connectivity index (χ2v) is 7.29. The number of anilines is 1. The monoisotopic (exact) mass is 407 g/mol. The van der Waals surface area contributed by atoms with Crippen molar-refractivity contribution in [3.05, 3.63) is 29.8 Å². The summed E-state index contributed by atoms with van der Waals surface area (Å²) in [7, 11) is 1.27. The number of nitrogens with one attached hydrogen (secondary N) is 2. The van der Waals surface area contributed by atoms with Gasteiger partial charge < -0.3 is 20.3 Å². The van der Waals surface area contributed by atoms with Crippen LogP contribution in [0.1, 0.15) is 29.6 Å². The van der Waals surface area contributed by atoms with E-state index in [-0.39, 0.29) is 12.5 Å². The van der Waals surface area contributed by atoms with Gasteiger partial charge in [-0.25, -0.2) is 4.79 Å². The van der Waals surface area contributed by atoms with Gasteiger partial charge in [0.1, 0.15) is 6.04 Å². The molecule has 1 atom stereocenters. The SMILES string of the molecule is COC(=O)[C@H](CCSC)NC(=O)CNC(=O)c1ccc(N2CCCC2=O)cc1. The third-order valence-electron chi connectivity index (χ3n) is 4.36. The molecule has 28 heavy (non-hydrogen) atoms. The van der Waals surface area contributed by atoms with Crippen LogP contribution in [0.4, 0.5) is 5.69 Å². The van der Waals surface area contributed by atoms with Crippen LogP contribution in [0.15, 0.2) is 24.3 Å². The summed E-state index contributed by atoms with van der Waals surface area (Å²) in [5.41, 5.74) is 1.14. The molecule has 8 nitrogen and oxygen atoms in total. The Bertz CT molecular complexity index is 723. The number of nitrogens with zero attached hydrogens (tertiary/aromatic N) is 1. The molecule has 1 aromatic carbocycles. The summed E-state index contributed by atoms with van der Waals surface area (Å²) in [5.74, 6) is -0.619. The minimum Gasteiger partial charge on any atom is -0.467 e. The largest absolute Gasteiger partial charge is 0.467 e. The number of carbonyl (C=O) groups is 4. The van der Waals surface area contributed by atoms with Crippen LogP contribution in [0.5, 0.6) is 0 Å². The first-order valence-corrected chi connectivity index (χ1v) is 10.4. The number of thioether (sulfide) groups is 1. The molecule has 0 unspecified atom stereocenters. The molecule has 3 amide bonds. The molecule has 1 heterocycles. The number of rotatable bonds is 9. The van der Waals surface area contributed by atoms with Gasteiger partial charge in [0.15, 0.2) is 0 Å². The number of carbonyl (C=O) groups excluding carboxylic acids is 4. The third kappa shape index (κ3) is 5.98. The minimum atomic E-state index is -0.737. The maximum atomic E-state index is 12.2. The fourth-order valence-corrected chi connectivity index (χ4v) is 3.32. The number of amides is 3. The Morgan fingerprint density at radius 2 is 1.96 bits per heavy atom. The van der Waals surface area contributed by atoms with E-state index in [4.69, 9.17) is 0 Å². The van der Waals surface area contributed by atoms with E-state index in [1.165, 1.54) is 7.11 Å². The molecule has 0 spiro atoms. The Labute approximate surface area is 168 Å². The van der Waals surface area contributed by atoms with E-state index in [1.54, 1.807) is 40.9 Å². The first-order valence-electron chi connectivity index (χ1n) is 9.01. The van der Waals surface area contributed by atoms with Crippen molar-refractivity contribution in [2.24, 2.45) is 0 Å². The maximum absolute atomic E-state index is 12.2. The first kappa shape index (κ1) is 21.7. The summed E-state index contributed by atoms with van der Waals surface area (Å²) in [6.45, 7) is 0.431. The van der Waals surface area contributed by atoms with Gasteiger partial charge in [-0.15, -0.1) is 0 Å². The molecule has 152 valence electrons. The molecule has 0 aliphatic carbocycles. The highest BCUT2D eigenvalue weighted by atomic mass is 32.2. The van der Waals surface area contributed by atoms with Crippen LogP contribution in [-0.4, -0.2) is 61.9 Å². The number of hydrogen-bond donors (Lipinski definition) is 2. The second kappa shape index (κ2) is 10.7. The molecule has 1 saturated heterocycles. The predicted octanol–water partition coefficient (Wildman–Crippen LogP) is 0.954. The average molecular weight is 407 g/mol. The number of hydrogen-bond acceptors (Lipinski definition) is 6. The normalized spacial score (nSPS) is 14.5. The molecule has 0 saturated carbocycles. The van der Waals surface area contributed by atoms with Crippen LogP contribution in [0.25, 0.3) is 0 Å². The van der Waals surface area contributed by atoms with Gasteiger partial charge >= 0.3 is 5.97 Å². The molecule has 0 bridgehead atoms. The topological polar surface area (TPSA) is 105 Å². The van der Waals surface area contributed by atoms with E-state index in [9.17, 15) is 19.2 Å². The van der Waals surface area contributed by atoms with E-state index in [0.29, 0.717) is 30.7 Å². The van der Waals surface area contributed by atoms with E-state index >= 15 is 0 Å². The summed E-state index contributed by atoms with van der Waals surface area (Å²) in [6, 6.07) is 5.93. The Kier molecular flexibility index (Phi) is 8.31. The van der Waals surface area contributed by atoms with Gasteiger partial charge in [-0.2, -0.15) is 11.8 Å². The molecule has 0 radical (unpaired) electrons. The van der Waals surface area contributed by atoms with E-state index in [1.807, 2.05) is 6.26 Å². The van der Waals surface area contributed by atoms with Crippen molar-refractivity contribution < 1.29 is 23.9 Å². The van der Waals surface area contributed by atoms with Crippen molar-refractivity contribution in [2.45, 2.75) is 25.3 Å². The van der Waals surface area contributed by atoms with Gasteiger partial charge in [0.2, 0.25) is 11.8 Å². The first-order chi connectivity index (χ1) is 13.5. The van der Waals surface area contributed by atoms with Crippen LogP contribution in [0.3, 0.4) is 0 Å². The van der Waals surface area contributed by atoms with Crippen molar-refractivity contribution in [1.29, 1.82) is 0 Å². The zero-order valence-electron chi connectivity index (χ0n) is 16.0. The van der Waals surface area contributed by atoms with Crippen molar-refractivity contribution in [2.75, 3.05) is 37.1 Å². The summed E-state index contributed by atoms with van der Waals surface area (Å²) < 4.78 is 4.69. The third-order valence-corrected chi connectivity index (χ3v) is 5.00. The van der Waals surface area contributed by atoms with Gasteiger partial charge in [-0.05, 0) is 49.1 Å². The highest BCUT2D eigenvalue weighted by Crippen LogP contribution is 2.21. The van der Waals surface area contributed by atoms with Crippen LogP contribution in [-0.2, 0) is 19.1 Å². The highest BCUT2D eigenvalue weighted by molar-refractivity contribution is 7.98. The van der Waals surface area contributed by atoms with Crippen LogP contribution in [0, 0.1) is 0 Å². The number of methoxy groups -OCH3 is 1. The maximum Gasteiger partial charge on any atom is 0.328 e. The standard InChI is InChI=1S/C19H25N3O5S/c1-27-19(26)15(9-11-28-2)21-16(23)12-20-18(25)13-5-7-14(8-6-13)22-10-3-4-17(22)24/h5-8,15H,3-4,9-12H2,1-2H3,(H,20,25)(H,21,23)/t15-/m0/s1. The molecule has 1 aromatic rings. The van der Waals surface area contributed by atoms with Crippen molar-refractivity contribution in [3.8, 4) is 0 Å². The fourth-order valence-electron chi connectivity index (χ4n) is 2.85. The Hall–Kier alpha value is -2.55. The number of benzene rings is 1. The van der Waals surface area contributed by atoms with Crippen molar-refractivity contribution in [3.63, 3.8) is 0 Å². The van der Waals surface area contributed by atoms with Crippen molar-refractivity contribution >= 4 is 41.1 Å². The fraction of sp³-hybridized carbons (Fsp3) is 0.474. The molecule has 1 fully saturated rings. The second-order valence-electron chi connectivity index (χ2n) is 6.30. The van der Waals surface area contributed by atoms with Crippen LogP contribution in [0.2, 0.25) is 0 Å². The molecule has 0 aromatic heterocycles. The molecule has 2 N–H and O–H groups in total. The van der Waals surface area contributed by atoms with E-state index in [2.05, 4.69) is 15.4 Å². The lowest BCUT2D eigenvalue weighted by Crippen LogP contribution is -2.46. The highest BCUT2D eigenvalue weighted by Gasteiger charge is 2.23. The molecule has 1 aliphatic rings. The van der Waals surface area contributed by atoms with E-state index in [0.717, 1.165) is 12.1 Å². The van der Waals surface area contributed by atoms with Gasteiger partial charge in [-0.1, -0.05) is 0 Å². The lowest BCUT2D eigenvalue weighted by atomic mass is 10.2. The molecule has 1 aliphatic heterocycles. The van der Waals surface area contributed by atoms with Gasteiger partial charge in [0.05, 0.1) is 13.7 Å². The zero-order chi connectivity index (χ0) is 20.5. The molecule has 2 rings (SSSR count). The summed E-state index contributed by atoms with van der Waals surface area (Å²) in [4.78, 5) is 49.4. The van der Waals surface area contributed by atoms with Gasteiger partial charge in [0, 0.05) is 24.2 Å². The van der Waals surface area contributed by atoms with E-state index < -0.39 is 23.8 Å². The predicted molar refractivity (Wildman–Crippen MR) is 107 cm³/mol. The minimum absolute atomic E-state index is 0.0792. The Balaban J connectivity index is 1.85. The lowest BCUT2D eigenvalue weighted by molar-refractivity contribution is -0.145. The smallest absolute Gasteiger partial charge is 0.328 e. The Morgan fingerprint density at radius 3 is 2.54 bits per heavy atom. The number of ether oxygens (including phenoxy) is 1. The Morgan fingerprint density at radius 1 is 1.25 bits per heavy atom. The van der Waals surface area contributed by atoms with Crippen LogP contribution >= 0.6 is 11.8 Å². The molecule has 9 heteroatoms. The van der Waals surface area contributed by atoms with Gasteiger partial charge in [0.25, 0.3) is 5.91 Å². The number of esters is 1. The summed E-state index contributed by atoms with van der Waals surface area (Å²) >= 11 is 1.56. The average Bonchev–Trinajstić information content (AvgIpc) is 3.14. The van der Waals surface area contributed by atoms with Crippen molar-refractivity contribution in [1.82, 2.24) is 10.6 Å². The zero-order valence-corrected chi connectivity index (χ0v) is 16.8. The molecular weight excluding hydrogens is 382 g/mol. The van der Waals surface area contributed by atoms with Crippen LogP contribution < -0.4 is 15.5 Å². The summed E-state index contributed by atoms with van der Waals surface area (Å²) in [6.07, 6.45) is 3.73. The molecular formula is C19H25N3O5S. The van der Waals surface area contributed by atoms with Gasteiger partial charge in [-0.3, -0.25) is 14.4 Å². The lowest BCUT2D eigenvalue weighted by Gasteiger charge is -2.17.